The summed E-state index contributed by atoms with van der Waals surface area (Å²) < 4.78 is 7.69. The van der Waals surface area contributed by atoms with Crippen LogP contribution in [0.15, 0.2) is 45.6 Å². The van der Waals surface area contributed by atoms with Crippen LogP contribution in [-0.2, 0) is 17.6 Å². The number of aromatic amines is 2. The first-order valence-corrected chi connectivity index (χ1v) is 12.6. The first-order valence-electron chi connectivity index (χ1n) is 11.0. The number of rotatable bonds is 0. The van der Waals surface area contributed by atoms with Gasteiger partial charge in [-0.3, -0.25) is 4.90 Å². The normalized spacial score (nSPS) is 14.6. The van der Waals surface area contributed by atoms with E-state index in [4.69, 9.17) is 4.74 Å². The molecule has 0 saturated heterocycles. The van der Waals surface area contributed by atoms with Crippen LogP contribution in [0.1, 0.15) is 31.9 Å². The molecule has 2 aromatic heterocycles. The standard InChI is InChI=1S/C15H17BrN2O2.C10H9BrN2/c1-15(2,3)20-14(19)18-7-5-9-8-11(16)12-10(13(9)18)4-6-17-12;11-8-5-6-1-3-12-9(6)7-2-4-13-10(7)8/h4,6,8,17H,5,7H2,1-3H3;2,4-5,12-13H,1,3H2. The van der Waals surface area contributed by atoms with Gasteiger partial charge in [0, 0.05) is 50.9 Å². The quantitative estimate of drug-likeness (QED) is 0.209. The number of H-pyrrole nitrogens is 2. The van der Waals surface area contributed by atoms with Crippen LogP contribution in [0.4, 0.5) is 16.2 Å². The second-order valence-corrected chi connectivity index (χ2v) is 11.1. The molecule has 6 rings (SSSR count). The molecule has 3 N–H and O–H groups in total. The molecule has 8 heteroatoms. The van der Waals surface area contributed by atoms with Crippen LogP contribution in [0.3, 0.4) is 0 Å². The third kappa shape index (κ3) is 4.15. The highest BCUT2D eigenvalue weighted by Crippen LogP contribution is 2.40. The van der Waals surface area contributed by atoms with Gasteiger partial charge < -0.3 is 20.0 Å². The van der Waals surface area contributed by atoms with E-state index in [1.807, 2.05) is 39.2 Å². The van der Waals surface area contributed by atoms with Gasteiger partial charge in [-0.25, -0.2) is 4.79 Å². The van der Waals surface area contributed by atoms with Gasteiger partial charge in [0.1, 0.15) is 5.60 Å². The van der Waals surface area contributed by atoms with Gasteiger partial charge in [-0.1, -0.05) is 0 Å². The molecule has 1 amide bonds. The molecule has 33 heavy (non-hydrogen) atoms. The lowest BCUT2D eigenvalue weighted by atomic mass is 10.1. The molecule has 6 nitrogen and oxygen atoms in total. The smallest absolute Gasteiger partial charge is 0.414 e. The molecular weight excluding hydrogens is 548 g/mol. The summed E-state index contributed by atoms with van der Waals surface area (Å²) in [7, 11) is 0. The van der Waals surface area contributed by atoms with Crippen molar-refractivity contribution in [3.63, 3.8) is 0 Å². The first kappa shape index (κ1) is 22.3. The number of benzene rings is 2. The summed E-state index contributed by atoms with van der Waals surface area (Å²) in [5, 5.41) is 5.76. The fraction of sp³-hybridized carbons (Fsp3) is 0.320. The Morgan fingerprint density at radius 3 is 2.30 bits per heavy atom. The molecule has 2 aliphatic rings. The number of hydrogen-bond acceptors (Lipinski definition) is 3. The number of hydrogen-bond donors (Lipinski definition) is 3. The number of nitrogens with one attached hydrogen (secondary N) is 3. The molecular formula is C25H26Br2N4O2. The van der Waals surface area contributed by atoms with Gasteiger partial charge in [-0.05, 0) is 101 Å². The van der Waals surface area contributed by atoms with E-state index in [1.54, 1.807) is 4.90 Å². The fourth-order valence-electron chi connectivity index (χ4n) is 4.56. The lowest BCUT2D eigenvalue weighted by Crippen LogP contribution is -2.35. The van der Waals surface area contributed by atoms with Crippen molar-refractivity contribution in [3.05, 3.63) is 56.7 Å². The molecule has 172 valence electrons. The van der Waals surface area contributed by atoms with Crippen LogP contribution in [-0.4, -0.2) is 34.8 Å². The molecule has 2 aromatic carbocycles. The van der Waals surface area contributed by atoms with Crippen LogP contribution in [0.2, 0.25) is 0 Å². The van der Waals surface area contributed by atoms with Crippen molar-refractivity contribution >= 4 is 71.1 Å². The van der Waals surface area contributed by atoms with Crippen LogP contribution in [0, 0.1) is 0 Å². The van der Waals surface area contributed by atoms with E-state index < -0.39 is 5.60 Å². The number of carbonyl (C=O) groups is 1. The SMILES string of the molecule is Brc1cc2c(c3cc[nH]c13)NCC2.CC(C)(C)OC(=O)N1CCc2cc(Br)c3[nH]ccc3c21. The number of nitrogens with zero attached hydrogens (tertiary/aromatic N) is 1. The van der Waals surface area contributed by atoms with Crippen molar-refractivity contribution in [1.82, 2.24) is 9.97 Å². The van der Waals surface area contributed by atoms with Crippen molar-refractivity contribution < 1.29 is 9.53 Å². The molecule has 2 aliphatic heterocycles. The minimum Gasteiger partial charge on any atom is -0.443 e. The predicted molar refractivity (Wildman–Crippen MR) is 141 cm³/mol. The number of amides is 1. The highest BCUT2D eigenvalue weighted by atomic mass is 79.9. The lowest BCUT2D eigenvalue weighted by Gasteiger charge is -2.25. The monoisotopic (exact) mass is 572 g/mol. The minimum absolute atomic E-state index is 0.277. The van der Waals surface area contributed by atoms with Gasteiger partial charge in [0.2, 0.25) is 0 Å². The van der Waals surface area contributed by atoms with E-state index >= 15 is 0 Å². The average Bonchev–Trinajstić information content (AvgIpc) is 3.50. The van der Waals surface area contributed by atoms with Crippen molar-refractivity contribution in [2.24, 2.45) is 0 Å². The molecule has 0 saturated carbocycles. The topological polar surface area (TPSA) is 73.2 Å². The summed E-state index contributed by atoms with van der Waals surface area (Å²) in [6.07, 6.45) is 5.58. The zero-order valence-corrected chi connectivity index (χ0v) is 22.0. The Balaban J connectivity index is 0.000000151. The van der Waals surface area contributed by atoms with E-state index in [0.717, 1.165) is 44.9 Å². The van der Waals surface area contributed by atoms with Gasteiger partial charge >= 0.3 is 6.09 Å². The molecule has 0 bridgehead atoms. The van der Waals surface area contributed by atoms with Crippen molar-refractivity contribution in [2.45, 2.75) is 39.2 Å². The summed E-state index contributed by atoms with van der Waals surface area (Å²) in [6.45, 7) is 7.38. The summed E-state index contributed by atoms with van der Waals surface area (Å²) in [5.41, 5.74) is 6.59. The van der Waals surface area contributed by atoms with Crippen LogP contribution >= 0.6 is 31.9 Å². The number of ether oxygens (including phenoxy) is 1. The van der Waals surface area contributed by atoms with Crippen molar-refractivity contribution in [1.29, 1.82) is 0 Å². The van der Waals surface area contributed by atoms with E-state index in [1.165, 1.54) is 27.7 Å². The van der Waals surface area contributed by atoms with Crippen LogP contribution in [0.5, 0.6) is 0 Å². The van der Waals surface area contributed by atoms with Crippen LogP contribution < -0.4 is 10.2 Å². The minimum atomic E-state index is -0.480. The highest BCUT2D eigenvalue weighted by Gasteiger charge is 2.31. The molecule has 0 unspecified atom stereocenters. The molecule has 0 fully saturated rings. The Morgan fingerprint density at radius 1 is 0.970 bits per heavy atom. The second-order valence-electron chi connectivity index (χ2n) is 9.35. The first-order chi connectivity index (χ1) is 15.7. The zero-order chi connectivity index (χ0) is 23.3. The number of fused-ring (bicyclic) bond motifs is 6. The van der Waals surface area contributed by atoms with Gasteiger partial charge in [-0.2, -0.15) is 0 Å². The van der Waals surface area contributed by atoms with Gasteiger partial charge in [0.15, 0.2) is 0 Å². The Kier molecular flexibility index (Phi) is 5.69. The third-order valence-electron chi connectivity index (χ3n) is 5.91. The Bertz CT molecular complexity index is 1370. The van der Waals surface area contributed by atoms with Crippen molar-refractivity contribution in [2.75, 3.05) is 23.3 Å². The largest absolute Gasteiger partial charge is 0.443 e. The molecule has 0 aliphatic carbocycles. The molecule has 0 atom stereocenters. The number of halogens is 2. The maximum absolute atomic E-state index is 12.4. The summed E-state index contributed by atoms with van der Waals surface area (Å²) in [5.74, 6) is 0. The maximum Gasteiger partial charge on any atom is 0.414 e. The number of aromatic nitrogens is 2. The Labute approximate surface area is 209 Å². The van der Waals surface area contributed by atoms with Crippen LogP contribution in [0.25, 0.3) is 21.8 Å². The zero-order valence-electron chi connectivity index (χ0n) is 18.8. The highest BCUT2D eigenvalue weighted by molar-refractivity contribution is 9.11. The third-order valence-corrected chi connectivity index (χ3v) is 7.16. The Morgan fingerprint density at radius 2 is 1.61 bits per heavy atom. The maximum atomic E-state index is 12.4. The van der Waals surface area contributed by atoms with Crippen molar-refractivity contribution in [3.8, 4) is 0 Å². The lowest BCUT2D eigenvalue weighted by molar-refractivity contribution is 0.0584. The van der Waals surface area contributed by atoms with E-state index in [9.17, 15) is 4.79 Å². The van der Waals surface area contributed by atoms with E-state index in [2.05, 4.69) is 65.3 Å². The second kappa shape index (κ2) is 8.40. The number of anilines is 2. The van der Waals surface area contributed by atoms with E-state index in [0.29, 0.717) is 6.54 Å². The van der Waals surface area contributed by atoms with Gasteiger partial charge in [0.05, 0.1) is 16.7 Å². The average molecular weight is 574 g/mol. The molecule has 0 radical (unpaired) electrons. The van der Waals surface area contributed by atoms with Gasteiger partial charge in [0.25, 0.3) is 0 Å². The van der Waals surface area contributed by atoms with Gasteiger partial charge in [-0.15, -0.1) is 0 Å². The molecule has 4 aromatic rings. The number of carbonyl (C=O) groups excluding carboxylic acids is 1. The summed E-state index contributed by atoms with van der Waals surface area (Å²) in [4.78, 5) is 20.5. The molecule has 0 spiro atoms. The molecule has 4 heterocycles. The predicted octanol–water partition coefficient (Wildman–Crippen LogP) is 7.13. The summed E-state index contributed by atoms with van der Waals surface area (Å²) >= 11 is 7.14. The Hall–Kier alpha value is -2.45. The fourth-order valence-corrected chi connectivity index (χ4v) is 5.77. The summed E-state index contributed by atoms with van der Waals surface area (Å²) in [6, 6.07) is 8.41. The van der Waals surface area contributed by atoms with E-state index in [-0.39, 0.29) is 6.09 Å².